The van der Waals surface area contributed by atoms with Crippen molar-refractivity contribution < 1.29 is 52.2 Å². The minimum Gasteiger partial charge on any atom is -0.462 e. The number of carbonyl (C=O) groups is 3. The van der Waals surface area contributed by atoms with Gasteiger partial charge in [-0.3, -0.25) is 23.4 Å². The van der Waals surface area contributed by atoms with Crippen LogP contribution >= 0.6 is 7.82 Å². The third-order valence-corrected chi connectivity index (χ3v) is 13.0. The minimum atomic E-state index is -4.78. The van der Waals surface area contributed by atoms with Crippen LogP contribution in [-0.2, 0) is 42.2 Å². The van der Waals surface area contributed by atoms with Crippen molar-refractivity contribution in [3.63, 3.8) is 0 Å². The Morgan fingerprint density at radius 3 is 0.974 bits per heavy atom. The van der Waals surface area contributed by atoms with Crippen molar-refractivity contribution in [3.8, 4) is 0 Å². The average Bonchev–Trinajstić information content (AvgIpc) is 3.43. The van der Waals surface area contributed by atoms with Crippen molar-refractivity contribution >= 4 is 25.7 Å². The molecule has 3 atom stereocenters. The number of unbranched alkanes of at least 4 members (excludes halogenated alkanes) is 15. The van der Waals surface area contributed by atoms with Crippen LogP contribution in [0.2, 0.25) is 0 Å². The van der Waals surface area contributed by atoms with Gasteiger partial charge >= 0.3 is 25.7 Å². The number of ether oxygens (including phenoxy) is 3. The Labute approximate surface area is 474 Å². The molecule has 78 heavy (non-hydrogen) atoms. The summed E-state index contributed by atoms with van der Waals surface area (Å²) in [5.74, 6) is -1.55. The second-order valence-electron chi connectivity index (χ2n) is 19.4. The molecule has 12 heteroatoms. The Morgan fingerprint density at radius 1 is 0.359 bits per heavy atom. The van der Waals surface area contributed by atoms with Crippen molar-refractivity contribution in [1.82, 2.24) is 0 Å². The lowest BCUT2D eigenvalue weighted by molar-refractivity contribution is -0.161. The largest absolute Gasteiger partial charge is 0.472 e. The summed E-state index contributed by atoms with van der Waals surface area (Å²) in [6.45, 7) is 4.23. The summed E-state index contributed by atoms with van der Waals surface area (Å²) in [4.78, 5) is 48.7. The summed E-state index contributed by atoms with van der Waals surface area (Å²) in [6.07, 6.45) is 74.0. The summed E-state index contributed by atoms with van der Waals surface area (Å²) in [5, 5.41) is 9.84. The summed E-state index contributed by atoms with van der Waals surface area (Å²) in [6, 6.07) is 0. The maximum atomic E-state index is 12.9. The molecule has 0 spiro atoms. The molecule has 0 amide bonds. The fraction of sp³-hybridized carbons (Fsp3) is 0.621. The molecule has 0 aliphatic heterocycles. The van der Waals surface area contributed by atoms with Gasteiger partial charge in [0.2, 0.25) is 0 Å². The Balaban J connectivity index is 4.81. The van der Waals surface area contributed by atoms with E-state index < -0.39 is 57.8 Å². The van der Waals surface area contributed by atoms with E-state index >= 15 is 0 Å². The Bertz CT molecular complexity index is 1820. The van der Waals surface area contributed by atoms with Crippen molar-refractivity contribution in [2.75, 3.05) is 26.4 Å². The van der Waals surface area contributed by atoms with Crippen LogP contribution in [0.25, 0.3) is 0 Å². The van der Waals surface area contributed by atoms with E-state index in [0.717, 1.165) is 161 Å². The summed E-state index contributed by atoms with van der Waals surface area (Å²) >= 11 is 0. The second-order valence-corrected chi connectivity index (χ2v) is 20.8. The predicted molar refractivity (Wildman–Crippen MR) is 325 cm³/mol. The smallest absolute Gasteiger partial charge is 0.462 e. The number of allylic oxidation sites excluding steroid dienone is 22. The summed E-state index contributed by atoms with van der Waals surface area (Å²) in [7, 11) is -4.78. The molecule has 0 radical (unpaired) electrons. The molecule has 3 unspecified atom stereocenters. The number of hydrogen-bond acceptors (Lipinski definition) is 10. The van der Waals surface area contributed by atoms with Crippen molar-refractivity contribution in [2.45, 2.75) is 238 Å². The highest BCUT2D eigenvalue weighted by molar-refractivity contribution is 7.47. The monoisotopic (exact) mass is 1110 g/mol. The number of aliphatic hydroxyl groups excluding tert-OH is 1. The molecular formula is C66H107O11P. The molecule has 0 saturated heterocycles. The van der Waals surface area contributed by atoms with Crippen LogP contribution in [0.1, 0.15) is 226 Å². The van der Waals surface area contributed by atoms with Crippen LogP contribution in [0.15, 0.2) is 134 Å². The van der Waals surface area contributed by atoms with Crippen LogP contribution < -0.4 is 0 Å². The average molecular weight is 1110 g/mol. The van der Waals surface area contributed by atoms with Gasteiger partial charge < -0.3 is 24.2 Å². The van der Waals surface area contributed by atoms with Gasteiger partial charge in [0, 0.05) is 19.3 Å². The van der Waals surface area contributed by atoms with E-state index in [1.54, 1.807) is 0 Å². The number of carbonyl (C=O) groups excluding carboxylic acids is 3. The van der Waals surface area contributed by atoms with Gasteiger partial charge in [-0.2, -0.15) is 0 Å². The highest BCUT2D eigenvalue weighted by Gasteiger charge is 2.28. The predicted octanol–water partition coefficient (Wildman–Crippen LogP) is 18.1. The van der Waals surface area contributed by atoms with E-state index in [4.69, 9.17) is 23.3 Å². The van der Waals surface area contributed by atoms with Crippen molar-refractivity contribution in [3.05, 3.63) is 134 Å². The Hall–Kier alpha value is -4.38. The molecule has 0 aliphatic rings. The number of rotatable bonds is 54. The second kappa shape index (κ2) is 58.8. The SMILES string of the molecule is CC/C=C\C/C=C\C/C=C\C/C=C\C/C=C\CCCCCC(=O)OC(COC(=O)CCCCCCC/C=C\C/C=C\C/C=C\CC)COP(=O)(O)OCC(CO)OC(=O)CCCCCCCCC/C=C\C/C=C\C/C=C\CC. The van der Waals surface area contributed by atoms with Crippen LogP contribution in [0, 0.1) is 0 Å². The van der Waals surface area contributed by atoms with Gasteiger partial charge in [0.15, 0.2) is 6.10 Å². The third-order valence-electron chi connectivity index (χ3n) is 12.1. The summed E-state index contributed by atoms with van der Waals surface area (Å²) < 4.78 is 39.6. The molecular weight excluding hydrogens is 1000 g/mol. The molecule has 2 N–H and O–H groups in total. The maximum Gasteiger partial charge on any atom is 0.472 e. The van der Waals surface area contributed by atoms with Gasteiger partial charge in [0.25, 0.3) is 0 Å². The Kier molecular flexibility index (Phi) is 55.5. The molecule has 442 valence electrons. The Morgan fingerprint density at radius 2 is 0.628 bits per heavy atom. The molecule has 0 aliphatic carbocycles. The van der Waals surface area contributed by atoms with Gasteiger partial charge in [0.1, 0.15) is 12.7 Å². The zero-order chi connectivity index (χ0) is 56.9. The van der Waals surface area contributed by atoms with E-state index in [-0.39, 0.29) is 25.9 Å². The first-order valence-electron chi connectivity index (χ1n) is 30.1. The van der Waals surface area contributed by atoms with Crippen LogP contribution in [-0.4, -0.2) is 66.5 Å². The first-order chi connectivity index (χ1) is 38.2. The lowest BCUT2D eigenvalue weighted by atomic mass is 10.1. The van der Waals surface area contributed by atoms with E-state index in [1.807, 2.05) is 0 Å². The number of aliphatic hydroxyl groups is 1. The molecule has 0 bridgehead atoms. The topological polar surface area (TPSA) is 155 Å². The van der Waals surface area contributed by atoms with Gasteiger partial charge in [-0.05, 0) is 128 Å². The highest BCUT2D eigenvalue weighted by atomic mass is 31.2. The first kappa shape index (κ1) is 73.6. The molecule has 0 fully saturated rings. The van der Waals surface area contributed by atoms with Gasteiger partial charge in [-0.25, -0.2) is 4.57 Å². The fourth-order valence-electron chi connectivity index (χ4n) is 7.59. The molecule has 0 aromatic rings. The van der Waals surface area contributed by atoms with E-state index in [1.165, 1.54) is 6.42 Å². The fourth-order valence-corrected chi connectivity index (χ4v) is 8.37. The lowest BCUT2D eigenvalue weighted by Gasteiger charge is -2.21. The van der Waals surface area contributed by atoms with E-state index in [0.29, 0.717) is 19.3 Å². The lowest BCUT2D eigenvalue weighted by Crippen LogP contribution is -2.30. The highest BCUT2D eigenvalue weighted by Crippen LogP contribution is 2.43. The van der Waals surface area contributed by atoms with E-state index in [9.17, 15) is 28.9 Å². The maximum absolute atomic E-state index is 12.9. The molecule has 0 saturated carbocycles. The summed E-state index contributed by atoms with van der Waals surface area (Å²) in [5.41, 5.74) is 0. The standard InChI is InChI=1S/C66H107O11P/c1-4-7-10-13-16-19-22-25-28-30-31-33-36-39-42-45-48-51-54-57-66(70)77-63(59-73-64(68)55-52-49-46-43-40-37-34-27-24-21-18-15-12-9-6-3)61-75-78(71,72)74-60-62(58-67)76-65(69)56-53-50-47-44-41-38-35-32-29-26-23-20-17-14-11-8-5-2/h7-12,16-21,25-29,31,33-34,39,42,62-63,67H,4-6,13-15,22-24,30,32,35-38,40-41,43-61H2,1-3H3,(H,71,72)/b10-7-,11-8-,12-9-,19-16-,20-17-,21-18-,28-25-,29-26-,33-31-,34-27-,42-39-. The first-order valence-corrected chi connectivity index (χ1v) is 31.6. The van der Waals surface area contributed by atoms with Crippen LogP contribution in [0.4, 0.5) is 0 Å². The number of hydrogen-bond donors (Lipinski definition) is 2. The zero-order valence-electron chi connectivity index (χ0n) is 48.8. The molecule has 11 nitrogen and oxygen atoms in total. The normalized spacial score (nSPS) is 14.3. The zero-order valence-corrected chi connectivity index (χ0v) is 49.7. The molecule has 0 heterocycles. The quantitative estimate of drug-likeness (QED) is 0.0197. The van der Waals surface area contributed by atoms with Crippen molar-refractivity contribution in [1.29, 1.82) is 0 Å². The van der Waals surface area contributed by atoms with Crippen LogP contribution in [0.5, 0.6) is 0 Å². The van der Waals surface area contributed by atoms with Gasteiger partial charge in [0.05, 0.1) is 19.8 Å². The van der Waals surface area contributed by atoms with Crippen molar-refractivity contribution in [2.24, 2.45) is 0 Å². The molecule has 0 aromatic carbocycles. The van der Waals surface area contributed by atoms with Gasteiger partial charge in [-0.15, -0.1) is 0 Å². The van der Waals surface area contributed by atoms with Gasteiger partial charge in [-0.1, -0.05) is 212 Å². The van der Waals surface area contributed by atoms with E-state index in [2.05, 4.69) is 154 Å². The number of phosphoric ester groups is 1. The molecule has 0 aromatic heterocycles. The minimum absolute atomic E-state index is 0.116. The number of phosphoric acid groups is 1. The molecule has 0 rings (SSSR count). The third kappa shape index (κ3) is 56.3. The number of esters is 3. The van der Waals surface area contributed by atoms with Crippen LogP contribution in [0.3, 0.4) is 0 Å².